The van der Waals surface area contributed by atoms with Gasteiger partial charge in [-0.25, -0.2) is 0 Å². The number of nitro groups is 1. The highest BCUT2D eigenvalue weighted by atomic mass is 19.4. The third-order valence-electron chi connectivity index (χ3n) is 2.81. The molecule has 0 saturated heterocycles. The smallest absolute Gasteiger partial charge is 0.449 e. The number of methoxy groups -OCH3 is 1. The average Bonchev–Trinajstić information content (AvgIpc) is 2.36. The van der Waals surface area contributed by atoms with Crippen molar-refractivity contribution in [2.24, 2.45) is 0 Å². The first-order valence-electron chi connectivity index (χ1n) is 5.54. The molecule has 0 fully saturated rings. The molecule has 6 nitrogen and oxygen atoms in total. The second kappa shape index (κ2) is 4.76. The number of fused-ring (bicyclic) bond motifs is 1. The molecule has 0 aliphatic rings. The van der Waals surface area contributed by atoms with Crippen LogP contribution in [0.2, 0.25) is 0 Å². The molecule has 1 aromatic heterocycles. The summed E-state index contributed by atoms with van der Waals surface area (Å²) < 4.78 is 47.5. The predicted molar refractivity (Wildman–Crippen MR) is 65.4 cm³/mol. The van der Waals surface area contributed by atoms with E-state index in [9.17, 15) is 28.1 Å². The van der Waals surface area contributed by atoms with Crippen LogP contribution in [0.1, 0.15) is 11.3 Å². The molecule has 0 unspecified atom stereocenters. The van der Waals surface area contributed by atoms with Gasteiger partial charge in [0.05, 0.1) is 12.0 Å². The number of ether oxygens (including phenoxy) is 1. The van der Waals surface area contributed by atoms with Crippen molar-refractivity contribution < 1.29 is 27.2 Å². The summed E-state index contributed by atoms with van der Waals surface area (Å²) in [5.41, 5.74) is -2.28. The number of hydrogen-bond acceptors (Lipinski definition) is 5. The summed E-state index contributed by atoms with van der Waals surface area (Å²) in [7, 11) is 1.15. The van der Waals surface area contributed by atoms with Crippen molar-refractivity contribution in [1.82, 2.24) is 0 Å². The molecule has 0 aliphatic heterocycles. The molecular weight excluding hydrogens is 295 g/mol. The number of nitro benzene ring substituents is 1. The molecule has 0 radical (unpaired) electrons. The van der Waals surface area contributed by atoms with E-state index in [0.29, 0.717) is 0 Å². The zero-order valence-electron chi connectivity index (χ0n) is 10.8. The summed E-state index contributed by atoms with van der Waals surface area (Å²) in [6, 6.07) is 1.33. The fourth-order valence-corrected chi connectivity index (χ4v) is 1.95. The maximum atomic E-state index is 12.7. The molecule has 0 saturated carbocycles. The van der Waals surface area contributed by atoms with Gasteiger partial charge in [0.15, 0.2) is 16.8 Å². The molecule has 9 heteroatoms. The molecule has 0 bridgehead atoms. The van der Waals surface area contributed by atoms with Crippen molar-refractivity contribution in [1.29, 1.82) is 0 Å². The van der Waals surface area contributed by atoms with Gasteiger partial charge in [-0.2, -0.15) is 13.2 Å². The number of alkyl halides is 3. The normalized spacial score (nSPS) is 11.7. The van der Waals surface area contributed by atoms with Crippen LogP contribution in [0.25, 0.3) is 11.0 Å². The monoisotopic (exact) mass is 303 g/mol. The van der Waals surface area contributed by atoms with E-state index in [1.165, 1.54) is 6.92 Å². The first kappa shape index (κ1) is 14.8. The number of hydrogen-bond donors (Lipinski definition) is 0. The Morgan fingerprint density at radius 2 is 1.95 bits per heavy atom. The number of benzene rings is 1. The highest BCUT2D eigenvalue weighted by molar-refractivity contribution is 5.92. The molecule has 2 aromatic rings. The average molecular weight is 303 g/mol. The fraction of sp³-hybridized carbons (Fsp3) is 0.250. The Balaban J connectivity index is 3.03. The quantitative estimate of drug-likeness (QED) is 0.629. The SMILES string of the molecule is COc1cc(C)c([N+](=O)[O-])c2c(=O)cc(C(F)(F)F)oc12. The molecule has 112 valence electrons. The van der Waals surface area contributed by atoms with Crippen molar-refractivity contribution >= 4 is 16.7 Å². The number of aryl methyl sites for hydroxylation is 1. The molecule has 1 heterocycles. The molecule has 1 aromatic carbocycles. The lowest BCUT2D eigenvalue weighted by Crippen LogP contribution is -2.13. The minimum Gasteiger partial charge on any atom is -0.493 e. The van der Waals surface area contributed by atoms with Gasteiger partial charge in [0.1, 0.15) is 5.39 Å². The van der Waals surface area contributed by atoms with Crippen LogP contribution in [0.5, 0.6) is 5.75 Å². The summed E-state index contributed by atoms with van der Waals surface area (Å²) in [5.74, 6) is -1.73. The van der Waals surface area contributed by atoms with Crippen LogP contribution >= 0.6 is 0 Å². The Kier molecular flexibility index (Phi) is 3.36. The molecule has 2 rings (SSSR count). The Bertz CT molecular complexity index is 794. The van der Waals surface area contributed by atoms with Gasteiger partial charge in [0.25, 0.3) is 5.69 Å². The van der Waals surface area contributed by atoms with Gasteiger partial charge in [0.2, 0.25) is 5.76 Å². The molecule has 0 spiro atoms. The highest BCUT2D eigenvalue weighted by Gasteiger charge is 2.36. The number of halogens is 3. The van der Waals surface area contributed by atoms with Crippen molar-refractivity contribution in [3.63, 3.8) is 0 Å². The predicted octanol–water partition coefficient (Wildman–Crippen LogP) is 3.04. The Labute approximate surface area is 114 Å². The van der Waals surface area contributed by atoms with Crippen LogP contribution in [0, 0.1) is 17.0 Å². The van der Waals surface area contributed by atoms with E-state index in [4.69, 9.17) is 4.74 Å². The van der Waals surface area contributed by atoms with Crippen LogP contribution in [-0.2, 0) is 6.18 Å². The number of rotatable bonds is 2. The summed E-state index contributed by atoms with van der Waals surface area (Å²) in [5, 5.41) is 10.5. The Morgan fingerprint density at radius 3 is 2.43 bits per heavy atom. The summed E-state index contributed by atoms with van der Waals surface area (Å²) in [4.78, 5) is 22.1. The minimum atomic E-state index is -4.89. The first-order chi connectivity index (χ1) is 9.66. The van der Waals surface area contributed by atoms with E-state index < -0.39 is 38.9 Å². The van der Waals surface area contributed by atoms with Crippen molar-refractivity contribution in [3.05, 3.63) is 43.8 Å². The van der Waals surface area contributed by atoms with Crippen LogP contribution < -0.4 is 10.2 Å². The van der Waals surface area contributed by atoms with Gasteiger partial charge in [0, 0.05) is 11.6 Å². The highest BCUT2D eigenvalue weighted by Crippen LogP contribution is 2.37. The first-order valence-corrected chi connectivity index (χ1v) is 5.54. The van der Waals surface area contributed by atoms with E-state index in [2.05, 4.69) is 4.42 Å². The molecule has 0 amide bonds. The van der Waals surface area contributed by atoms with Crippen molar-refractivity contribution in [3.8, 4) is 5.75 Å². The van der Waals surface area contributed by atoms with Gasteiger partial charge < -0.3 is 9.15 Å². The molecular formula is C12H8F3NO5. The van der Waals surface area contributed by atoms with Crippen LogP contribution in [-0.4, -0.2) is 12.0 Å². The largest absolute Gasteiger partial charge is 0.493 e. The van der Waals surface area contributed by atoms with E-state index in [0.717, 1.165) is 13.2 Å². The molecule has 21 heavy (non-hydrogen) atoms. The third-order valence-corrected chi connectivity index (χ3v) is 2.81. The lowest BCUT2D eigenvalue weighted by Gasteiger charge is -2.10. The van der Waals surface area contributed by atoms with Crippen molar-refractivity contribution in [2.75, 3.05) is 7.11 Å². The van der Waals surface area contributed by atoms with Gasteiger partial charge in [-0.3, -0.25) is 14.9 Å². The Morgan fingerprint density at radius 1 is 1.33 bits per heavy atom. The zero-order valence-corrected chi connectivity index (χ0v) is 10.8. The lowest BCUT2D eigenvalue weighted by atomic mass is 10.1. The van der Waals surface area contributed by atoms with E-state index in [1.54, 1.807) is 0 Å². The van der Waals surface area contributed by atoms with Crippen LogP contribution in [0.4, 0.5) is 18.9 Å². The zero-order chi connectivity index (χ0) is 15.9. The maximum absolute atomic E-state index is 12.7. The molecule has 0 aliphatic carbocycles. The van der Waals surface area contributed by atoms with E-state index in [-0.39, 0.29) is 17.4 Å². The second-order valence-corrected chi connectivity index (χ2v) is 4.18. The lowest BCUT2D eigenvalue weighted by molar-refractivity contribution is -0.383. The topological polar surface area (TPSA) is 82.6 Å². The van der Waals surface area contributed by atoms with Gasteiger partial charge >= 0.3 is 6.18 Å². The fourth-order valence-electron chi connectivity index (χ4n) is 1.95. The Hall–Kier alpha value is -2.58. The van der Waals surface area contributed by atoms with Gasteiger partial charge in [-0.15, -0.1) is 0 Å². The van der Waals surface area contributed by atoms with Gasteiger partial charge in [-0.1, -0.05) is 0 Å². The maximum Gasteiger partial charge on any atom is 0.449 e. The summed E-state index contributed by atoms with van der Waals surface area (Å²) >= 11 is 0. The van der Waals surface area contributed by atoms with Crippen LogP contribution in [0.15, 0.2) is 21.3 Å². The summed E-state index contributed by atoms with van der Waals surface area (Å²) in [6.45, 7) is 1.34. The standard InChI is InChI=1S/C12H8F3NO5/c1-5-3-7(20-2)11-9(10(5)16(18)19)6(17)4-8(21-11)12(13,14)15/h3-4H,1-2H3. The second-order valence-electron chi connectivity index (χ2n) is 4.18. The molecule has 0 atom stereocenters. The van der Waals surface area contributed by atoms with Crippen molar-refractivity contribution in [2.45, 2.75) is 13.1 Å². The third kappa shape index (κ3) is 2.41. The number of nitrogens with zero attached hydrogens (tertiary/aromatic N) is 1. The van der Waals surface area contributed by atoms with Crippen LogP contribution in [0.3, 0.4) is 0 Å². The van der Waals surface area contributed by atoms with Gasteiger partial charge in [-0.05, 0) is 13.0 Å². The minimum absolute atomic E-state index is 0.0800. The van der Waals surface area contributed by atoms with E-state index in [1.807, 2.05) is 0 Å². The summed E-state index contributed by atoms with van der Waals surface area (Å²) in [6.07, 6.45) is -4.89. The molecule has 0 N–H and O–H groups in total. The van der Waals surface area contributed by atoms with E-state index >= 15 is 0 Å².